The van der Waals surface area contributed by atoms with Crippen LogP contribution in [0.5, 0.6) is 0 Å². The Morgan fingerprint density at radius 2 is 2.47 bits per heavy atom. The van der Waals surface area contributed by atoms with Crippen LogP contribution in [0.2, 0.25) is 0 Å². The lowest BCUT2D eigenvalue weighted by Crippen LogP contribution is -2.52. The van der Waals surface area contributed by atoms with Crippen molar-refractivity contribution in [1.29, 1.82) is 0 Å². The fraction of sp³-hybridized carbons (Fsp3) is 0.583. The van der Waals surface area contributed by atoms with Crippen molar-refractivity contribution in [2.24, 2.45) is 0 Å². The normalized spacial score (nSPS) is 20.6. The van der Waals surface area contributed by atoms with Crippen molar-refractivity contribution in [3.05, 3.63) is 23.7 Å². The van der Waals surface area contributed by atoms with Crippen LogP contribution >= 0.6 is 0 Å². The van der Waals surface area contributed by atoms with Gasteiger partial charge < -0.3 is 19.4 Å². The van der Waals surface area contributed by atoms with E-state index in [4.69, 9.17) is 9.15 Å². The number of hydrogen-bond acceptors (Lipinski definition) is 4. The Balaban J connectivity index is 2.07. The number of carbonyl (C=O) groups excluding carboxylic acids is 1. The molecule has 17 heavy (non-hydrogen) atoms. The van der Waals surface area contributed by atoms with Gasteiger partial charge in [-0.3, -0.25) is 4.79 Å². The number of nitrogens with zero attached hydrogens (tertiary/aromatic N) is 1. The van der Waals surface area contributed by atoms with Crippen molar-refractivity contribution >= 4 is 5.91 Å². The zero-order chi connectivity index (χ0) is 12.3. The highest BCUT2D eigenvalue weighted by atomic mass is 16.5. The van der Waals surface area contributed by atoms with E-state index in [1.165, 1.54) is 0 Å². The lowest BCUT2D eigenvalue weighted by molar-refractivity contribution is 0.0616. The zero-order valence-electron chi connectivity index (χ0n) is 10.2. The first kappa shape index (κ1) is 12.1. The summed E-state index contributed by atoms with van der Waals surface area (Å²) in [4.78, 5) is 14.0. The average molecular weight is 238 g/mol. The van der Waals surface area contributed by atoms with Gasteiger partial charge in [-0.25, -0.2) is 0 Å². The molecule has 1 fully saturated rings. The van der Waals surface area contributed by atoms with Gasteiger partial charge in [-0.1, -0.05) is 0 Å². The number of hydrogen-bond donors (Lipinski definition) is 1. The predicted octanol–water partition coefficient (Wildman–Crippen LogP) is 0.860. The Kier molecular flexibility index (Phi) is 3.81. The summed E-state index contributed by atoms with van der Waals surface area (Å²) in [5, 5.41) is 3.25. The second-order valence-electron chi connectivity index (χ2n) is 4.25. The fourth-order valence-corrected chi connectivity index (χ4v) is 2.00. The molecule has 0 aromatic carbocycles. The van der Waals surface area contributed by atoms with Gasteiger partial charge in [0, 0.05) is 32.8 Å². The summed E-state index contributed by atoms with van der Waals surface area (Å²) in [6.07, 6.45) is 0. The minimum absolute atomic E-state index is 0.0404. The first-order valence-electron chi connectivity index (χ1n) is 5.81. The molecule has 1 amide bonds. The summed E-state index contributed by atoms with van der Waals surface area (Å²) in [5.74, 6) is 1.03. The molecular weight excluding hydrogens is 220 g/mol. The van der Waals surface area contributed by atoms with Crippen LogP contribution in [0.25, 0.3) is 0 Å². The molecule has 0 spiro atoms. The molecule has 1 aromatic heterocycles. The highest BCUT2D eigenvalue weighted by molar-refractivity contribution is 5.91. The molecule has 1 N–H and O–H groups in total. The van der Waals surface area contributed by atoms with Crippen LogP contribution in [0.3, 0.4) is 0 Å². The molecule has 0 bridgehead atoms. The van der Waals surface area contributed by atoms with Gasteiger partial charge in [-0.05, 0) is 19.1 Å². The van der Waals surface area contributed by atoms with Crippen molar-refractivity contribution in [3.63, 3.8) is 0 Å². The van der Waals surface area contributed by atoms with E-state index in [9.17, 15) is 4.79 Å². The quantitative estimate of drug-likeness (QED) is 0.848. The molecule has 1 aliphatic rings. The molecule has 94 valence electrons. The third kappa shape index (κ3) is 2.68. The van der Waals surface area contributed by atoms with Gasteiger partial charge in [0.2, 0.25) is 0 Å². The van der Waals surface area contributed by atoms with Crippen LogP contribution in [-0.4, -0.2) is 43.6 Å². The smallest absolute Gasteiger partial charge is 0.289 e. The predicted molar refractivity (Wildman–Crippen MR) is 62.8 cm³/mol. The largest absolute Gasteiger partial charge is 0.453 e. The van der Waals surface area contributed by atoms with Crippen molar-refractivity contribution in [1.82, 2.24) is 10.2 Å². The van der Waals surface area contributed by atoms with Gasteiger partial charge in [-0.2, -0.15) is 0 Å². The van der Waals surface area contributed by atoms with Gasteiger partial charge >= 0.3 is 0 Å². The number of nitrogens with one attached hydrogen (secondary N) is 1. The molecule has 1 aliphatic heterocycles. The van der Waals surface area contributed by atoms with Gasteiger partial charge in [0.15, 0.2) is 5.76 Å². The van der Waals surface area contributed by atoms with E-state index in [1.54, 1.807) is 19.2 Å². The standard InChI is InChI=1S/C12H18N2O3/c1-9-7-13-5-6-14(9)12(15)11-4-3-10(17-11)8-16-2/h3-4,9,13H,5-8H2,1-2H3/t9-/m1/s1. The molecule has 0 unspecified atom stereocenters. The number of furan rings is 1. The van der Waals surface area contributed by atoms with Gasteiger partial charge in [0.1, 0.15) is 12.4 Å². The van der Waals surface area contributed by atoms with Crippen LogP contribution in [0, 0.1) is 0 Å². The number of methoxy groups -OCH3 is 1. The van der Waals surface area contributed by atoms with E-state index < -0.39 is 0 Å². The monoisotopic (exact) mass is 238 g/mol. The maximum absolute atomic E-state index is 12.2. The van der Waals surface area contributed by atoms with Crippen LogP contribution in [0.15, 0.2) is 16.5 Å². The first-order chi connectivity index (χ1) is 8.22. The SMILES string of the molecule is COCc1ccc(C(=O)N2CCNC[C@H]2C)o1. The summed E-state index contributed by atoms with van der Waals surface area (Å²) in [6, 6.07) is 3.70. The summed E-state index contributed by atoms with van der Waals surface area (Å²) in [6.45, 7) is 4.81. The van der Waals surface area contributed by atoms with E-state index in [0.717, 1.165) is 19.6 Å². The number of piperazine rings is 1. The maximum atomic E-state index is 12.2. The second-order valence-corrected chi connectivity index (χ2v) is 4.25. The highest BCUT2D eigenvalue weighted by Crippen LogP contribution is 2.14. The molecule has 1 saturated heterocycles. The van der Waals surface area contributed by atoms with Crippen LogP contribution < -0.4 is 5.32 Å². The Morgan fingerprint density at radius 1 is 1.65 bits per heavy atom. The average Bonchev–Trinajstić information content (AvgIpc) is 2.78. The van der Waals surface area contributed by atoms with Crippen molar-refractivity contribution < 1.29 is 13.9 Å². The zero-order valence-corrected chi connectivity index (χ0v) is 10.2. The van der Waals surface area contributed by atoms with Crippen LogP contribution in [0.1, 0.15) is 23.2 Å². The molecule has 5 nitrogen and oxygen atoms in total. The Labute approximate surface area is 101 Å². The summed E-state index contributed by atoms with van der Waals surface area (Å²) >= 11 is 0. The lowest BCUT2D eigenvalue weighted by Gasteiger charge is -2.33. The number of rotatable bonds is 3. The molecule has 0 aliphatic carbocycles. The summed E-state index contributed by atoms with van der Waals surface area (Å²) < 4.78 is 10.4. The van der Waals surface area contributed by atoms with Gasteiger partial charge in [0.05, 0.1) is 0 Å². The van der Waals surface area contributed by atoms with Crippen molar-refractivity contribution in [3.8, 4) is 0 Å². The van der Waals surface area contributed by atoms with Crippen LogP contribution in [0.4, 0.5) is 0 Å². The first-order valence-corrected chi connectivity index (χ1v) is 5.81. The molecule has 2 rings (SSSR count). The van der Waals surface area contributed by atoms with E-state index in [1.807, 2.05) is 11.8 Å². The number of carbonyl (C=O) groups is 1. The second kappa shape index (κ2) is 5.33. The minimum atomic E-state index is -0.0404. The summed E-state index contributed by atoms with van der Waals surface area (Å²) in [5.41, 5.74) is 0. The van der Waals surface area contributed by atoms with Gasteiger partial charge in [0.25, 0.3) is 5.91 Å². The fourth-order valence-electron chi connectivity index (χ4n) is 2.00. The molecule has 1 aromatic rings. The molecule has 1 atom stereocenters. The van der Waals surface area contributed by atoms with E-state index in [0.29, 0.717) is 18.1 Å². The van der Waals surface area contributed by atoms with E-state index in [-0.39, 0.29) is 11.9 Å². The number of ether oxygens (including phenoxy) is 1. The molecular formula is C12H18N2O3. The Bertz CT molecular complexity index is 389. The van der Waals surface area contributed by atoms with Crippen LogP contribution in [-0.2, 0) is 11.3 Å². The maximum Gasteiger partial charge on any atom is 0.289 e. The lowest BCUT2D eigenvalue weighted by atomic mass is 10.2. The molecule has 2 heterocycles. The van der Waals surface area contributed by atoms with Crippen molar-refractivity contribution in [2.75, 3.05) is 26.7 Å². The third-order valence-electron chi connectivity index (χ3n) is 2.92. The Hall–Kier alpha value is -1.33. The third-order valence-corrected chi connectivity index (χ3v) is 2.92. The van der Waals surface area contributed by atoms with Crippen molar-refractivity contribution in [2.45, 2.75) is 19.6 Å². The van der Waals surface area contributed by atoms with E-state index in [2.05, 4.69) is 5.32 Å². The molecule has 5 heteroatoms. The molecule has 0 radical (unpaired) electrons. The van der Waals surface area contributed by atoms with E-state index >= 15 is 0 Å². The number of amides is 1. The summed E-state index contributed by atoms with van der Waals surface area (Å²) in [7, 11) is 1.60. The minimum Gasteiger partial charge on any atom is -0.453 e. The van der Waals surface area contributed by atoms with Gasteiger partial charge in [-0.15, -0.1) is 0 Å². The highest BCUT2D eigenvalue weighted by Gasteiger charge is 2.25. The topological polar surface area (TPSA) is 54.7 Å². The molecule has 0 saturated carbocycles. The Morgan fingerprint density at radius 3 is 3.18 bits per heavy atom.